The minimum Gasteiger partial charge on any atom is -0.493 e. The number of amides is 1. The first-order valence-corrected chi connectivity index (χ1v) is 13.7. The molecule has 0 aromatic heterocycles. The van der Waals surface area contributed by atoms with E-state index >= 15 is 4.39 Å². The van der Waals surface area contributed by atoms with Gasteiger partial charge >= 0.3 is 5.97 Å². The molecule has 4 bridgehead atoms. The molecule has 1 aromatic rings. The van der Waals surface area contributed by atoms with Gasteiger partial charge in [-0.1, -0.05) is 13.3 Å². The van der Waals surface area contributed by atoms with Crippen LogP contribution >= 0.6 is 0 Å². The zero-order valence-corrected chi connectivity index (χ0v) is 21.1. The van der Waals surface area contributed by atoms with Crippen molar-refractivity contribution in [3.05, 3.63) is 29.1 Å². The van der Waals surface area contributed by atoms with Gasteiger partial charge in [-0.05, 0) is 99.0 Å². The zero-order chi connectivity index (χ0) is 24.3. The van der Waals surface area contributed by atoms with Gasteiger partial charge in [-0.2, -0.15) is 0 Å². The molecule has 6 fully saturated rings. The van der Waals surface area contributed by atoms with E-state index < -0.39 is 23.7 Å². The van der Waals surface area contributed by atoms with Gasteiger partial charge < -0.3 is 14.4 Å². The molecule has 0 radical (unpaired) electrons. The molecule has 6 aliphatic rings. The van der Waals surface area contributed by atoms with E-state index in [2.05, 4.69) is 0 Å². The first kappa shape index (κ1) is 23.3. The van der Waals surface area contributed by atoms with Crippen molar-refractivity contribution in [3.8, 4) is 5.75 Å². The summed E-state index contributed by atoms with van der Waals surface area (Å²) in [7, 11) is 1.34. The maximum Gasteiger partial charge on any atom is 0.328 e. The van der Waals surface area contributed by atoms with E-state index in [4.69, 9.17) is 9.47 Å². The molecule has 5 nitrogen and oxygen atoms in total. The van der Waals surface area contributed by atoms with Gasteiger partial charge in [0.1, 0.15) is 17.6 Å². The van der Waals surface area contributed by atoms with Gasteiger partial charge in [0, 0.05) is 18.0 Å². The average molecular weight is 484 g/mol. The average Bonchev–Trinajstić information content (AvgIpc) is 3.58. The Morgan fingerprint density at radius 1 is 1.06 bits per heavy atom. The minimum atomic E-state index is -0.645. The Labute approximate surface area is 207 Å². The van der Waals surface area contributed by atoms with Crippen LogP contribution in [0.2, 0.25) is 0 Å². The Balaban J connectivity index is 1.24. The van der Waals surface area contributed by atoms with Crippen molar-refractivity contribution in [2.24, 2.45) is 29.1 Å². The quantitative estimate of drug-likeness (QED) is 0.466. The van der Waals surface area contributed by atoms with Crippen LogP contribution in [0.1, 0.15) is 93.0 Å². The summed E-state index contributed by atoms with van der Waals surface area (Å²) in [6, 6.07) is 2.52. The molecule has 6 heteroatoms. The highest BCUT2D eigenvalue weighted by Crippen LogP contribution is 2.60. The largest absolute Gasteiger partial charge is 0.493 e. The number of nitrogens with zero attached hydrogens (tertiary/aromatic N) is 1. The first-order valence-electron chi connectivity index (χ1n) is 13.7. The van der Waals surface area contributed by atoms with Crippen LogP contribution in [0.25, 0.3) is 0 Å². The second kappa shape index (κ2) is 8.77. The van der Waals surface area contributed by atoms with E-state index in [0.29, 0.717) is 24.8 Å². The van der Waals surface area contributed by atoms with Crippen molar-refractivity contribution in [2.75, 3.05) is 20.3 Å². The molecule has 5 aliphatic carbocycles. The standard InChI is InChI=1S/C29H38FNO4/c1-3-20-6-7-31(26(20)28(33)34-2)27(32)23-11-22(21-4-5-21)25(12-24(23)30)35-16-29-13-17-8-18(14-29)10-19(9-17)15-29/h11-12,17-21,26H,3-10,13-16H2,1-2H3/t17?,18?,19?,20?,26-,29?/m0/s1. The monoisotopic (exact) mass is 483 g/mol. The van der Waals surface area contributed by atoms with Crippen LogP contribution in [-0.4, -0.2) is 43.1 Å². The molecule has 1 amide bonds. The van der Waals surface area contributed by atoms with Gasteiger partial charge in [-0.25, -0.2) is 9.18 Å². The van der Waals surface area contributed by atoms with Crippen LogP contribution in [-0.2, 0) is 9.53 Å². The van der Waals surface area contributed by atoms with Crippen molar-refractivity contribution in [3.63, 3.8) is 0 Å². The summed E-state index contributed by atoms with van der Waals surface area (Å²) in [4.78, 5) is 27.5. The number of benzene rings is 1. The van der Waals surface area contributed by atoms with Gasteiger partial charge in [0.25, 0.3) is 5.91 Å². The number of likely N-dealkylation sites (tertiary alicyclic amines) is 1. The van der Waals surface area contributed by atoms with Crippen LogP contribution < -0.4 is 4.74 Å². The van der Waals surface area contributed by atoms with E-state index in [9.17, 15) is 9.59 Å². The zero-order valence-electron chi connectivity index (χ0n) is 21.1. The fourth-order valence-electron chi connectivity index (χ4n) is 8.38. The van der Waals surface area contributed by atoms with Gasteiger partial charge in [-0.3, -0.25) is 4.79 Å². The Bertz CT molecular complexity index is 983. The molecule has 1 aliphatic heterocycles. The molecule has 2 atom stereocenters. The fraction of sp³-hybridized carbons (Fsp3) is 0.724. The summed E-state index contributed by atoms with van der Waals surface area (Å²) >= 11 is 0. The molecule has 1 saturated heterocycles. The number of carbonyl (C=O) groups is 2. The van der Waals surface area contributed by atoms with Crippen molar-refractivity contribution in [1.29, 1.82) is 0 Å². The van der Waals surface area contributed by atoms with Crippen molar-refractivity contribution >= 4 is 11.9 Å². The number of rotatable bonds is 7. The van der Waals surface area contributed by atoms with Crippen LogP contribution in [0.4, 0.5) is 4.39 Å². The van der Waals surface area contributed by atoms with Gasteiger partial charge in [0.15, 0.2) is 0 Å². The highest BCUT2D eigenvalue weighted by Gasteiger charge is 2.51. The molecule has 1 aromatic carbocycles. The lowest BCUT2D eigenvalue weighted by Gasteiger charge is -2.56. The molecule has 0 spiro atoms. The Morgan fingerprint density at radius 3 is 2.29 bits per heavy atom. The first-order chi connectivity index (χ1) is 16.9. The summed E-state index contributed by atoms with van der Waals surface area (Å²) in [6.45, 7) is 3.12. The van der Waals surface area contributed by atoms with Crippen LogP contribution in [0.15, 0.2) is 12.1 Å². The summed E-state index contributed by atoms with van der Waals surface area (Å²) < 4.78 is 26.9. The SMILES string of the molecule is CCC1CCN(C(=O)c2cc(C3CC3)c(OCC34CC5CC(CC(C5)C3)C4)cc2F)[C@@H]1C(=O)OC. The van der Waals surface area contributed by atoms with Gasteiger partial charge in [-0.15, -0.1) is 0 Å². The summed E-state index contributed by atoms with van der Waals surface area (Å²) in [5, 5.41) is 0. The number of carbonyl (C=O) groups excluding carboxylic acids is 2. The summed E-state index contributed by atoms with van der Waals surface area (Å²) in [6.07, 6.45) is 11.5. The topological polar surface area (TPSA) is 55.8 Å². The number of methoxy groups -OCH3 is 1. The lowest BCUT2D eigenvalue weighted by atomic mass is 9.50. The highest BCUT2D eigenvalue weighted by molar-refractivity contribution is 5.98. The van der Waals surface area contributed by atoms with Crippen LogP contribution in [0.3, 0.4) is 0 Å². The van der Waals surface area contributed by atoms with E-state index in [1.165, 1.54) is 56.6 Å². The molecule has 190 valence electrons. The van der Waals surface area contributed by atoms with Crippen molar-refractivity contribution in [1.82, 2.24) is 4.90 Å². The molecular formula is C29H38FNO4. The predicted molar refractivity (Wildman–Crippen MR) is 130 cm³/mol. The number of hydrogen-bond donors (Lipinski definition) is 0. The molecular weight excluding hydrogens is 445 g/mol. The number of hydrogen-bond acceptors (Lipinski definition) is 4. The van der Waals surface area contributed by atoms with Crippen molar-refractivity contribution in [2.45, 2.75) is 83.1 Å². The van der Waals surface area contributed by atoms with E-state index in [1.54, 1.807) is 6.07 Å². The van der Waals surface area contributed by atoms with E-state index in [1.807, 2.05) is 6.92 Å². The molecule has 5 saturated carbocycles. The van der Waals surface area contributed by atoms with E-state index in [0.717, 1.165) is 49.0 Å². The summed E-state index contributed by atoms with van der Waals surface area (Å²) in [5.41, 5.74) is 1.26. The molecule has 7 rings (SSSR count). The van der Waals surface area contributed by atoms with Crippen LogP contribution in [0.5, 0.6) is 5.75 Å². The Kier molecular flexibility index (Phi) is 5.84. The lowest BCUT2D eigenvalue weighted by Crippen LogP contribution is -2.48. The van der Waals surface area contributed by atoms with Crippen LogP contribution in [0, 0.1) is 34.9 Å². The predicted octanol–water partition coefficient (Wildman–Crippen LogP) is 5.71. The maximum absolute atomic E-state index is 15.4. The molecule has 1 unspecified atom stereocenters. The third-order valence-corrected chi connectivity index (χ3v) is 9.80. The number of ether oxygens (including phenoxy) is 2. The molecule has 35 heavy (non-hydrogen) atoms. The summed E-state index contributed by atoms with van der Waals surface area (Å²) in [5.74, 6) is 2.15. The number of halogens is 1. The number of esters is 1. The third-order valence-electron chi connectivity index (χ3n) is 9.80. The molecule has 0 N–H and O–H groups in total. The second-order valence-corrected chi connectivity index (χ2v) is 12.3. The Morgan fingerprint density at radius 2 is 1.71 bits per heavy atom. The highest BCUT2D eigenvalue weighted by atomic mass is 19.1. The Hall–Kier alpha value is -2.11. The fourth-order valence-corrected chi connectivity index (χ4v) is 8.38. The maximum atomic E-state index is 15.4. The smallest absolute Gasteiger partial charge is 0.328 e. The van der Waals surface area contributed by atoms with E-state index in [-0.39, 0.29) is 16.9 Å². The molecule has 1 heterocycles. The second-order valence-electron chi connectivity index (χ2n) is 12.3. The minimum absolute atomic E-state index is 0.0419. The van der Waals surface area contributed by atoms with Crippen molar-refractivity contribution < 1.29 is 23.5 Å². The third kappa shape index (κ3) is 4.15. The normalized spacial score (nSPS) is 35.4. The van der Waals surface area contributed by atoms with Gasteiger partial charge in [0.2, 0.25) is 0 Å². The lowest BCUT2D eigenvalue weighted by molar-refractivity contribution is -0.146. The van der Waals surface area contributed by atoms with Gasteiger partial charge in [0.05, 0.1) is 19.3 Å².